The highest BCUT2D eigenvalue weighted by Gasteiger charge is 2.19. The number of anilines is 2. The molecule has 20 heavy (non-hydrogen) atoms. The first-order chi connectivity index (χ1) is 9.63. The van der Waals surface area contributed by atoms with Crippen LogP contribution in [0.5, 0.6) is 0 Å². The van der Waals surface area contributed by atoms with E-state index in [1.54, 1.807) is 0 Å². The SMILES string of the molecule is CCN(CC)c1nc(Cl)nc(N(C)CC2CCCC2)n1. The first-order valence-electron chi connectivity index (χ1n) is 7.51. The smallest absolute Gasteiger partial charge is 0.231 e. The van der Waals surface area contributed by atoms with E-state index in [2.05, 4.69) is 38.6 Å². The number of hydrogen-bond donors (Lipinski definition) is 0. The van der Waals surface area contributed by atoms with Crippen molar-refractivity contribution in [3.8, 4) is 0 Å². The van der Waals surface area contributed by atoms with E-state index in [4.69, 9.17) is 11.6 Å². The van der Waals surface area contributed by atoms with Gasteiger partial charge < -0.3 is 9.80 Å². The van der Waals surface area contributed by atoms with Gasteiger partial charge in [-0.3, -0.25) is 0 Å². The third-order valence-corrected chi connectivity index (χ3v) is 4.15. The van der Waals surface area contributed by atoms with Crippen molar-refractivity contribution in [3.63, 3.8) is 0 Å². The third-order valence-electron chi connectivity index (χ3n) is 3.98. The van der Waals surface area contributed by atoms with Crippen LogP contribution in [0.25, 0.3) is 0 Å². The van der Waals surface area contributed by atoms with Crippen molar-refractivity contribution in [1.29, 1.82) is 0 Å². The van der Waals surface area contributed by atoms with E-state index >= 15 is 0 Å². The molecule has 0 aliphatic heterocycles. The standard InChI is InChI=1S/C14H24ClN5/c1-4-20(5-2)14-17-12(15)16-13(18-14)19(3)10-11-8-6-7-9-11/h11H,4-10H2,1-3H3. The molecule has 1 fully saturated rings. The van der Waals surface area contributed by atoms with E-state index in [1.807, 2.05) is 7.05 Å². The first kappa shape index (κ1) is 15.3. The number of aromatic nitrogens is 3. The van der Waals surface area contributed by atoms with Crippen molar-refractivity contribution in [2.45, 2.75) is 39.5 Å². The minimum atomic E-state index is 0.273. The molecule has 0 aromatic carbocycles. The van der Waals surface area contributed by atoms with Gasteiger partial charge in [0.1, 0.15) is 0 Å². The van der Waals surface area contributed by atoms with Crippen LogP contribution >= 0.6 is 11.6 Å². The summed E-state index contributed by atoms with van der Waals surface area (Å²) in [6, 6.07) is 0. The summed E-state index contributed by atoms with van der Waals surface area (Å²) in [6.45, 7) is 6.90. The van der Waals surface area contributed by atoms with Crippen LogP contribution in [0.15, 0.2) is 0 Å². The van der Waals surface area contributed by atoms with Crippen LogP contribution in [0.4, 0.5) is 11.9 Å². The third kappa shape index (κ3) is 3.72. The lowest BCUT2D eigenvalue weighted by Crippen LogP contribution is -2.29. The fraction of sp³-hybridized carbons (Fsp3) is 0.786. The summed E-state index contributed by atoms with van der Waals surface area (Å²) >= 11 is 6.05. The van der Waals surface area contributed by atoms with Crippen molar-refractivity contribution in [2.24, 2.45) is 5.92 Å². The highest BCUT2D eigenvalue weighted by Crippen LogP contribution is 2.26. The fourth-order valence-electron chi connectivity index (χ4n) is 2.81. The average Bonchev–Trinajstić information content (AvgIpc) is 2.92. The lowest BCUT2D eigenvalue weighted by molar-refractivity contribution is 0.542. The molecular weight excluding hydrogens is 274 g/mol. The lowest BCUT2D eigenvalue weighted by atomic mass is 10.1. The number of halogens is 1. The van der Waals surface area contributed by atoms with Gasteiger partial charge in [0.15, 0.2) is 0 Å². The van der Waals surface area contributed by atoms with Crippen molar-refractivity contribution in [3.05, 3.63) is 5.28 Å². The number of nitrogens with zero attached hydrogens (tertiary/aromatic N) is 5. The van der Waals surface area contributed by atoms with Crippen LogP contribution < -0.4 is 9.80 Å². The predicted octanol–water partition coefficient (Wildman–Crippen LogP) is 3.00. The Morgan fingerprint density at radius 1 is 1.05 bits per heavy atom. The Labute approximate surface area is 126 Å². The Morgan fingerprint density at radius 2 is 1.65 bits per heavy atom. The van der Waals surface area contributed by atoms with Gasteiger partial charge in [-0.25, -0.2) is 0 Å². The number of rotatable bonds is 6. The minimum absolute atomic E-state index is 0.273. The molecule has 1 aromatic rings. The van der Waals surface area contributed by atoms with Crippen LogP contribution in [0.2, 0.25) is 5.28 Å². The van der Waals surface area contributed by atoms with Crippen molar-refractivity contribution >= 4 is 23.5 Å². The second-order valence-corrected chi connectivity index (χ2v) is 5.75. The molecule has 0 N–H and O–H groups in total. The van der Waals surface area contributed by atoms with Gasteiger partial charge in [0.05, 0.1) is 0 Å². The van der Waals surface area contributed by atoms with Gasteiger partial charge in [0.25, 0.3) is 0 Å². The van der Waals surface area contributed by atoms with Gasteiger partial charge in [-0.1, -0.05) is 12.8 Å². The van der Waals surface area contributed by atoms with Gasteiger partial charge in [0.2, 0.25) is 17.2 Å². The number of hydrogen-bond acceptors (Lipinski definition) is 5. The average molecular weight is 298 g/mol. The zero-order valence-corrected chi connectivity index (χ0v) is 13.4. The quantitative estimate of drug-likeness (QED) is 0.808. The molecule has 0 atom stereocenters. The molecule has 6 heteroatoms. The van der Waals surface area contributed by atoms with Crippen LogP contribution in [-0.2, 0) is 0 Å². The summed E-state index contributed by atoms with van der Waals surface area (Å²) in [6.07, 6.45) is 5.32. The molecular formula is C14H24ClN5. The lowest BCUT2D eigenvalue weighted by Gasteiger charge is -2.23. The molecule has 0 radical (unpaired) electrons. The van der Waals surface area contributed by atoms with Crippen LogP contribution in [0.1, 0.15) is 39.5 Å². The highest BCUT2D eigenvalue weighted by molar-refractivity contribution is 6.28. The van der Waals surface area contributed by atoms with E-state index in [9.17, 15) is 0 Å². The van der Waals surface area contributed by atoms with E-state index < -0.39 is 0 Å². The van der Waals surface area contributed by atoms with Gasteiger partial charge in [-0.15, -0.1) is 0 Å². The maximum absolute atomic E-state index is 6.05. The van der Waals surface area contributed by atoms with Crippen molar-refractivity contribution in [2.75, 3.05) is 36.5 Å². The molecule has 112 valence electrons. The van der Waals surface area contributed by atoms with Gasteiger partial charge >= 0.3 is 0 Å². The summed E-state index contributed by atoms with van der Waals surface area (Å²) in [7, 11) is 2.04. The van der Waals surface area contributed by atoms with Gasteiger partial charge in [0, 0.05) is 26.7 Å². The second kappa shape index (κ2) is 7.07. The maximum atomic E-state index is 6.05. The van der Waals surface area contributed by atoms with Crippen molar-refractivity contribution in [1.82, 2.24) is 15.0 Å². The summed E-state index contributed by atoms with van der Waals surface area (Å²) < 4.78 is 0. The summed E-state index contributed by atoms with van der Waals surface area (Å²) in [5, 5.41) is 0.273. The Morgan fingerprint density at radius 3 is 2.25 bits per heavy atom. The molecule has 0 spiro atoms. The van der Waals surface area contributed by atoms with Crippen LogP contribution in [-0.4, -0.2) is 41.6 Å². The molecule has 1 aliphatic rings. The van der Waals surface area contributed by atoms with Crippen LogP contribution in [0, 0.1) is 5.92 Å². The summed E-state index contributed by atoms with van der Waals surface area (Å²) in [4.78, 5) is 17.3. The van der Waals surface area contributed by atoms with Crippen LogP contribution in [0.3, 0.4) is 0 Å². The fourth-order valence-corrected chi connectivity index (χ4v) is 2.96. The Hall–Kier alpha value is -1.10. The minimum Gasteiger partial charge on any atom is -0.343 e. The Kier molecular flexibility index (Phi) is 5.40. The molecule has 0 unspecified atom stereocenters. The second-order valence-electron chi connectivity index (χ2n) is 5.41. The highest BCUT2D eigenvalue weighted by atomic mass is 35.5. The van der Waals surface area contributed by atoms with Gasteiger partial charge in [-0.2, -0.15) is 15.0 Å². The molecule has 1 heterocycles. The summed E-state index contributed by atoms with van der Waals surface area (Å²) in [5.74, 6) is 2.11. The van der Waals surface area contributed by atoms with E-state index in [0.717, 1.165) is 25.6 Å². The Bertz CT molecular complexity index is 430. The zero-order chi connectivity index (χ0) is 14.5. The zero-order valence-electron chi connectivity index (χ0n) is 12.6. The largest absolute Gasteiger partial charge is 0.343 e. The van der Waals surface area contributed by atoms with E-state index in [0.29, 0.717) is 11.9 Å². The predicted molar refractivity (Wildman–Crippen MR) is 83.6 cm³/mol. The molecule has 1 aromatic heterocycles. The summed E-state index contributed by atoms with van der Waals surface area (Å²) in [5.41, 5.74) is 0. The molecule has 2 rings (SSSR count). The molecule has 1 saturated carbocycles. The molecule has 5 nitrogen and oxygen atoms in total. The Balaban J connectivity index is 2.13. The van der Waals surface area contributed by atoms with E-state index in [-0.39, 0.29) is 5.28 Å². The first-order valence-corrected chi connectivity index (χ1v) is 7.89. The van der Waals surface area contributed by atoms with Gasteiger partial charge in [-0.05, 0) is 44.2 Å². The van der Waals surface area contributed by atoms with Crippen molar-refractivity contribution < 1.29 is 0 Å². The van der Waals surface area contributed by atoms with E-state index in [1.165, 1.54) is 25.7 Å². The molecule has 0 amide bonds. The monoisotopic (exact) mass is 297 g/mol. The topological polar surface area (TPSA) is 45.2 Å². The molecule has 0 saturated heterocycles. The molecule has 0 bridgehead atoms. The maximum Gasteiger partial charge on any atom is 0.231 e. The normalized spacial score (nSPS) is 15.6. The molecule has 1 aliphatic carbocycles.